The van der Waals surface area contributed by atoms with E-state index in [2.05, 4.69) is 0 Å². The minimum atomic E-state index is -3.60. The zero-order valence-corrected chi connectivity index (χ0v) is 16.4. The second kappa shape index (κ2) is 8.26. The Labute approximate surface area is 161 Å². The van der Waals surface area contributed by atoms with E-state index in [0.29, 0.717) is 37.6 Å². The number of rotatable bonds is 6. The molecule has 0 heterocycles. The summed E-state index contributed by atoms with van der Waals surface area (Å²) in [5.41, 5.74) is 1.41. The van der Waals surface area contributed by atoms with Crippen molar-refractivity contribution in [2.75, 3.05) is 12.9 Å². The molecule has 0 radical (unpaired) electrons. The minimum absolute atomic E-state index is 0.0816. The molecule has 0 saturated carbocycles. The highest BCUT2D eigenvalue weighted by Gasteiger charge is 2.21. The summed E-state index contributed by atoms with van der Waals surface area (Å²) in [7, 11) is -3.60. The van der Waals surface area contributed by atoms with Crippen LogP contribution in [-0.2, 0) is 20.7 Å². The van der Waals surface area contributed by atoms with Gasteiger partial charge >= 0.3 is 0 Å². The molecule has 2 rings (SSSR count). The smallest absolute Gasteiger partial charge is 0.264 e. The summed E-state index contributed by atoms with van der Waals surface area (Å²) in [6.07, 6.45) is 1.37. The van der Waals surface area contributed by atoms with Crippen LogP contribution in [0.4, 0.5) is 0 Å². The first-order chi connectivity index (χ1) is 11.2. The van der Waals surface area contributed by atoms with E-state index in [1.807, 2.05) is 0 Å². The highest BCUT2D eigenvalue weighted by molar-refractivity contribution is 7.85. The molecule has 0 aliphatic carbocycles. The van der Waals surface area contributed by atoms with Gasteiger partial charge in [0, 0.05) is 26.0 Å². The second-order valence-electron chi connectivity index (χ2n) is 5.26. The van der Waals surface area contributed by atoms with Gasteiger partial charge in [0.05, 0.1) is 12.9 Å². The van der Waals surface area contributed by atoms with Gasteiger partial charge in [-0.2, -0.15) is 8.42 Å². The van der Waals surface area contributed by atoms with E-state index >= 15 is 0 Å². The summed E-state index contributed by atoms with van der Waals surface area (Å²) in [6.45, 7) is -0.0816. The van der Waals surface area contributed by atoms with Crippen molar-refractivity contribution < 1.29 is 12.6 Å². The molecule has 8 heteroatoms. The molecule has 0 spiro atoms. The summed E-state index contributed by atoms with van der Waals surface area (Å²) in [4.78, 5) is 0. The zero-order valence-electron chi connectivity index (χ0n) is 12.6. The van der Waals surface area contributed by atoms with E-state index in [1.54, 1.807) is 36.4 Å². The number of hydrogen-bond acceptors (Lipinski definition) is 3. The van der Waals surface area contributed by atoms with Gasteiger partial charge in [0.1, 0.15) is 0 Å². The Morgan fingerprint density at radius 2 is 1.62 bits per heavy atom. The summed E-state index contributed by atoms with van der Waals surface area (Å²) in [5.74, 6) is -0.359. The van der Waals surface area contributed by atoms with Gasteiger partial charge in [-0.1, -0.05) is 58.5 Å². The molecule has 2 aromatic carbocycles. The second-order valence-corrected chi connectivity index (χ2v) is 8.56. The molecule has 0 N–H and O–H groups in total. The van der Waals surface area contributed by atoms with Gasteiger partial charge in [0.25, 0.3) is 10.1 Å². The predicted octanol–water partition coefficient (Wildman–Crippen LogP) is 5.60. The van der Waals surface area contributed by atoms with E-state index < -0.39 is 10.1 Å². The van der Waals surface area contributed by atoms with Crippen molar-refractivity contribution in [1.29, 1.82) is 0 Å². The molecule has 1 atom stereocenters. The molecule has 130 valence electrons. The lowest BCUT2D eigenvalue weighted by Crippen LogP contribution is -2.15. The molecule has 0 amide bonds. The first kappa shape index (κ1) is 19.8. The monoisotopic (exact) mass is 426 g/mol. The fourth-order valence-electron chi connectivity index (χ4n) is 2.27. The van der Waals surface area contributed by atoms with E-state index in [-0.39, 0.29) is 12.5 Å². The van der Waals surface area contributed by atoms with Crippen molar-refractivity contribution in [3.63, 3.8) is 0 Å². The maximum atomic E-state index is 11.4. The Bertz CT molecular complexity index is 817. The van der Waals surface area contributed by atoms with Crippen molar-refractivity contribution in [3.05, 3.63) is 67.6 Å². The van der Waals surface area contributed by atoms with E-state index in [0.717, 1.165) is 6.26 Å². The molecular weight excluding hydrogens is 414 g/mol. The van der Waals surface area contributed by atoms with Gasteiger partial charge in [-0.3, -0.25) is 4.18 Å². The average molecular weight is 428 g/mol. The number of benzene rings is 2. The van der Waals surface area contributed by atoms with Gasteiger partial charge < -0.3 is 0 Å². The first-order valence-electron chi connectivity index (χ1n) is 6.89. The van der Waals surface area contributed by atoms with Crippen LogP contribution in [-0.4, -0.2) is 21.3 Å². The standard InChI is InChI=1S/C16H14Cl4O3S/c1-24(21,22)23-9-10(12-6-5-11(17)8-16(12)20)7-13-14(18)3-2-4-15(13)19/h2-6,8,10H,7,9H2,1H3/t10-/m1/s1. The molecule has 24 heavy (non-hydrogen) atoms. The van der Waals surface area contributed by atoms with Crippen molar-refractivity contribution in [3.8, 4) is 0 Å². The fraction of sp³-hybridized carbons (Fsp3) is 0.250. The van der Waals surface area contributed by atoms with Crippen molar-refractivity contribution >= 4 is 56.5 Å². The van der Waals surface area contributed by atoms with Crippen molar-refractivity contribution in [1.82, 2.24) is 0 Å². The summed E-state index contributed by atoms with van der Waals surface area (Å²) in [5, 5.41) is 1.91. The molecule has 2 aromatic rings. The largest absolute Gasteiger partial charge is 0.270 e. The van der Waals surface area contributed by atoms with Crippen LogP contribution < -0.4 is 0 Å². The molecule has 0 unspecified atom stereocenters. The van der Waals surface area contributed by atoms with Gasteiger partial charge in [-0.15, -0.1) is 0 Å². The lowest BCUT2D eigenvalue weighted by Gasteiger charge is -2.20. The lowest BCUT2D eigenvalue weighted by molar-refractivity contribution is 0.293. The van der Waals surface area contributed by atoms with Crippen LogP contribution in [0.1, 0.15) is 17.0 Å². The highest BCUT2D eigenvalue weighted by atomic mass is 35.5. The Morgan fingerprint density at radius 3 is 2.17 bits per heavy atom. The fourth-order valence-corrected chi connectivity index (χ4v) is 3.80. The van der Waals surface area contributed by atoms with E-state index in [9.17, 15) is 8.42 Å². The SMILES string of the molecule is CS(=O)(=O)OC[C@@H](Cc1c(Cl)cccc1Cl)c1ccc(Cl)cc1Cl. The van der Waals surface area contributed by atoms with Crippen LogP contribution in [0.3, 0.4) is 0 Å². The van der Waals surface area contributed by atoms with Gasteiger partial charge in [-0.25, -0.2) is 0 Å². The Kier molecular flexibility index (Phi) is 6.82. The molecule has 0 bridgehead atoms. The number of halogens is 4. The average Bonchev–Trinajstić information content (AvgIpc) is 2.46. The topological polar surface area (TPSA) is 43.4 Å². The molecule has 0 aromatic heterocycles. The zero-order chi connectivity index (χ0) is 17.9. The third-order valence-electron chi connectivity index (χ3n) is 3.40. The van der Waals surface area contributed by atoms with Crippen molar-refractivity contribution in [2.45, 2.75) is 12.3 Å². The van der Waals surface area contributed by atoms with Crippen molar-refractivity contribution in [2.24, 2.45) is 0 Å². The van der Waals surface area contributed by atoms with Crippen LogP contribution in [0.25, 0.3) is 0 Å². The van der Waals surface area contributed by atoms with E-state index in [4.69, 9.17) is 50.6 Å². The minimum Gasteiger partial charge on any atom is -0.270 e. The van der Waals surface area contributed by atoms with Gasteiger partial charge in [0.15, 0.2) is 0 Å². The van der Waals surface area contributed by atoms with E-state index in [1.165, 1.54) is 0 Å². The Balaban J connectivity index is 2.39. The maximum Gasteiger partial charge on any atom is 0.264 e. The Hall–Kier alpha value is -0.490. The number of hydrogen-bond donors (Lipinski definition) is 0. The normalized spacial score (nSPS) is 13.0. The predicted molar refractivity (Wildman–Crippen MR) is 100 cm³/mol. The molecule has 0 aliphatic rings. The molecule has 0 fully saturated rings. The van der Waals surface area contributed by atoms with Crippen LogP contribution in [0.5, 0.6) is 0 Å². The third kappa shape index (κ3) is 5.51. The lowest BCUT2D eigenvalue weighted by atomic mass is 9.92. The van der Waals surface area contributed by atoms with Crippen LogP contribution in [0.2, 0.25) is 20.1 Å². The van der Waals surface area contributed by atoms with Crippen LogP contribution >= 0.6 is 46.4 Å². The van der Waals surface area contributed by atoms with Gasteiger partial charge in [-0.05, 0) is 41.8 Å². The Morgan fingerprint density at radius 1 is 1.00 bits per heavy atom. The molecular formula is C16H14Cl4O3S. The molecule has 0 saturated heterocycles. The first-order valence-corrected chi connectivity index (χ1v) is 10.2. The maximum absolute atomic E-state index is 11.4. The van der Waals surface area contributed by atoms with Crippen LogP contribution in [0.15, 0.2) is 36.4 Å². The summed E-state index contributed by atoms with van der Waals surface area (Å²) >= 11 is 24.6. The highest BCUT2D eigenvalue weighted by Crippen LogP contribution is 2.34. The quantitative estimate of drug-likeness (QED) is 0.563. The molecule has 0 aliphatic heterocycles. The summed E-state index contributed by atoms with van der Waals surface area (Å²) < 4.78 is 27.7. The summed E-state index contributed by atoms with van der Waals surface area (Å²) in [6, 6.07) is 10.2. The van der Waals surface area contributed by atoms with Gasteiger partial charge in [0.2, 0.25) is 0 Å². The molecule has 3 nitrogen and oxygen atoms in total. The van der Waals surface area contributed by atoms with Crippen LogP contribution in [0, 0.1) is 0 Å². The third-order valence-corrected chi connectivity index (χ3v) is 5.23.